The number of aliphatic carboxylic acids is 1. The lowest BCUT2D eigenvalue weighted by molar-refractivity contribution is -0.136. The lowest BCUT2D eigenvalue weighted by Crippen LogP contribution is -2.20. The number of thioether (sulfide) groups is 1. The highest BCUT2D eigenvalue weighted by atomic mass is 32.2. The number of benzene rings is 2. The van der Waals surface area contributed by atoms with Gasteiger partial charge >= 0.3 is 5.97 Å². The van der Waals surface area contributed by atoms with Crippen molar-refractivity contribution in [3.05, 3.63) is 76.2 Å². The number of rotatable bonds is 6. The Kier molecular flexibility index (Phi) is 5.45. The molecule has 0 amide bonds. The minimum Gasteiger partial charge on any atom is -0.481 e. The van der Waals surface area contributed by atoms with Gasteiger partial charge in [-0.1, -0.05) is 30.3 Å². The number of nitrogens with one attached hydrogen (secondary N) is 1. The zero-order valence-electron chi connectivity index (χ0n) is 14.7. The van der Waals surface area contributed by atoms with Crippen molar-refractivity contribution < 1.29 is 9.90 Å². The van der Waals surface area contributed by atoms with Crippen LogP contribution < -0.4 is 5.32 Å². The van der Waals surface area contributed by atoms with Crippen molar-refractivity contribution in [3.8, 4) is 0 Å². The van der Waals surface area contributed by atoms with E-state index >= 15 is 0 Å². The number of thiazole rings is 1. The fourth-order valence-electron chi connectivity index (χ4n) is 3.35. The third-order valence-electron chi connectivity index (χ3n) is 4.64. The molecule has 2 unspecified atom stereocenters. The third-order valence-corrected chi connectivity index (χ3v) is 6.81. The highest BCUT2D eigenvalue weighted by Crippen LogP contribution is 2.48. The molecule has 1 aliphatic heterocycles. The molecule has 4 rings (SSSR count). The molecule has 1 aromatic heterocycles. The summed E-state index contributed by atoms with van der Waals surface area (Å²) < 4.78 is 0. The van der Waals surface area contributed by atoms with Crippen molar-refractivity contribution in [3.63, 3.8) is 0 Å². The second-order valence-corrected chi connectivity index (χ2v) is 8.74. The zero-order chi connectivity index (χ0) is 18.6. The quantitative estimate of drug-likeness (QED) is 0.572. The Labute approximate surface area is 166 Å². The number of hydrogen-bond acceptors (Lipinski definition) is 5. The first-order chi connectivity index (χ1) is 13.2. The number of carboxylic acids is 1. The van der Waals surface area contributed by atoms with E-state index in [0.29, 0.717) is 11.7 Å². The molecule has 27 heavy (non-hydrogen) atoms. The molecule has 0 saturated carbocycles. The Morgan fingerprint density at radius 2 is 2.11 bits per heavy atom. The molecule has 4 nitrogen and oxygen atoms in total. The van der Waals surface area contributed by atoms with Gasteiger partial charge in [-0.15, -0.1) is 23.1 Å². The van der Waals surface area contributed by atoms with Gasteiger partial charge in [-0.25, -0.2) is 4.98 Å². The SMILES string of the molecule is O=C(O)CCc1ccc2c(c1)C(Sc1ccccc1)CC(c1nccs1)N2. The van der Waals surface area contributed by atoms with Crippen LogP contribution in [0.1, 0.15) is 40.3 Å². The molecule has 1 aliphatic rings. The summed E-state index contributed by atoms with van der Waals surface area (Å²) >= 11 is 3.54. The highest BCUT2D eigenvalue weighted by Gasteiger charge is 2.29. The van der Waals surface area contributed by atoms with Crippen molar-refractivity contribution in [2.24, 2.45) is 0 Å². The normalized spacial score (nSPS) is 18.5. The van der Waals surface area contributed by atoms with Crippen LogP contribution >= 0.6 is 23.1 Å². The van der Waals surface area contributed by atoms with Gasteiger partial charge in [0.1, 0.15) is 5.01 Å². The number of fused-ring (bicyclic) bond motifs is 1. The second-order valence-electron chi connectivity index (χ2n) is 6.54. The minimum atomic E-state index is -0.759. The molecule has 2 aromatic carbocycles. The lowest BCUT2D eigenvalue weighted by Gasteiger charge is -2.32. The second kappa shape index (κ2) is 8.15. The summed E-state index contributed by atoms with van der Waals surface area (Å²) in [5.74, 6) is -0.759. The molecular formula is C21H20N2O2S2. The van der Waals surface area contributed by atoms with Crippen LogP contribution in [0.5, 0.6) is 0 Å². The summed E-state index contributed by atoms with van der Waals surface area (Å²) in [5.41, 5.74) is 3.44. The van der Waals surface area contributed by atoms with Gasteiger partial charge in [0.05, 0.1) is 6.04 Å². The van der Waals surface area contributed by atoms with Crippen LogP contribution in [-0.2, 0) is 11.2 Å². The lowest BCUT2D eigenvalue weighted by atomic mass is 9.95. The maximum atomic E-state index is 10.9. The summed E-state index contributed by atoms with van der Waals surface area (Å²) in [6.07, 6.45) is 3.51. The first kappa shape index (κ1) is 18.1. The van der Waals surface area contributed by atoms with Gasteiger partial charge < -0.3 is 10.4 Å². The largest absolute Gasteiger partial charge is 0.481 e. The molecule has 3 aromatic rings. The van der Waals surface area contributed by atoms with E-state index in [4.69, 9.17) is 5.11 Å². The molecule has 2 N–H and O–H groups in total. The molecular weight excluding hydrogens is 376 g/mol. The first-order valence-corrected chi connectivity index (χ1v) is 10.7. The maximum Gasteiger partial charge on any atom is 0.303 e. The van der Waals surface area contributed by atoms with Crippen LogP contribution in [0.15, 0.2) is 65.0 Å². The van der Waals surface area contributed by atoms with Crippen molar-refractivity contribution in [2.75, 3.05) is 5.32 Å². The Morgan fingerprint density at radius 1 is 1.26 bits per heavy atom. The first-order valence-electron chi connectivity index (χ1n) is 8.91. The van der Waals surface area contributed by atoms with Gasteiger partial charge in [-0.05, 0) is 42.2 Å². The fraction of sp³-hybridized carbons (Fsp3) is 0.238. The number of aromatic nitrogens is 1. The van der Waals surface area contributed by atoms with Crippen LogP contribution in [-0.4, -0.2) is 16.1 Å². The van der Waals surface area contributed by atoms with E-state index in [9.17, 15) is 4.79 Å². The van der Waals surface area contributed by atoms with Gasteiger partial charge in [-0.2, -0.15) is 0 Å². The number of aryl methyl sites for hydroxylation is 1. The van der Waals surface area contributed by atoms with Crippen LogP contribution in [0.25, 0.3) is 0 Å². The van der Waals surface area contributed by atoms with Gasteiger partial charge in [-0.3, -0.25) is 4.79 Å². The van der Waals surface area contributed by atoms with E-state index < -0.39 is 5.97 Å². The molecule has 2 heterocycles. The predicted molar refractivity (Wildman–Crippen MR) is 111 cm³/mol. The minimum absolute atomic E-state index is 0.157. The number of carbonyl (C=O) groups is 1. The van der Waals surface area contributed by atoms with Crippen LogP contribution in [0.2, 0.25) is 0 Å². The van der Waals surface area contributed by atoms with Crippen LogP contribution in [0, 0.1) is 0 Å². The molecule has 0 bridgehead atoms. The van der Waals surface area contributed by atoms with Crippen molar-refractivity contribution in [2.45, 2.75) is 35.4 Å². The molecule has 6 heteroatoms. The van der Waals surface area contributed by atoms with Gasteiger partial charge in [0.25, 0.3) is 0 Å². The molecule has 0 saturated heterocycles. The third kappa shape index (κ3) is 4.34. The fourth-order valence-corrected chi connectivity index (χ4v) is 5.30. The molecule has 0 radical (unpaired) electrons. The standard InChI is InChI=1S/C21H20N2O2S2/c24-20(25)9-7-14-6-8-17-16(12-14)19(27-15-4-2-1-3-5-15)13-18(23-17)21-22-10-11-26-21/h1-6,8,10-12,18-19,23H,7,9,13H2,(H,24,25). The number of hydrogen-bond donors (Lipinski definition) is 2. The summed E-state index contributed by atoms with van der Waals surface area (Å²) in [7, 11) is 0. The summed E-state index contributed by atoms with van der Waals surface area (Å²) in [6.45, 7) is 0. The van der Waals surface area contributed by atoms with Gasteiger partial charge in [0, 0.05) is 33.8 Å². The Hall–Kier alpha value is -2.31. The molecule has 138 valence electrons. The average Bonchev–Trinajstić information content (AvgIpc) is 3.22. The molecule has 0 spiro atoms. The van der Waals surface area contributed by atoms with E-state index in [0.717, 1.165) is 22.7 Å². The summed E-state index contributed by atoms with van der Waals surface area (Å²) in [5, 5.41) is 16.0. The van der Waals surface area contributed by atoms with E-state index in [-0.39, 0.29) is 12.5 Å². The monoisotopic (exact) mass is 396 g/mol. The van der Waals surface area contributed by atoms with E-state index in [2.05, 4.69) is 46.7 Å². The van der Waals surface area contributed by atoms with E-state index in [1.165, 1.54) is 10.5 Å². The Balaban J connectivity index is 1.64. The zero-order valence-corrected chi connectivity index (χ0v) is 16.3. The van der Waals surface area contributed by atoms with Crippen molar-refractivity contribution >= 4 is 34.8 Å². The summed E-state index contributed by atoms with van der Waals surface area (Å²) in [4.78, 5) is 16.7. The Bertz CT molecular complexity index is 913. The Morgan fingerprint density at radius 3 is 2.85 bits per heavy atom. The molecule has 0 aliphatic carbocycles. The highest BCUT2D eigenvalue weighted by molar-refractivity contribution is 7.99. The topological polar surface area (TPSA) is 62.2 Å². The smallest absolute Gasteiger partial charge is 0.303 e. The number of anilines is 1. The number of nitrogens with zero attached hydrogens (tertiary/aromatic N) is 1. The van der Waals surface area contributed by atoms with Crippen LogP contribution in [0.3, 0.4) is 0 Å². The number of carboxylic acid groups (broad SMARTS) is 1. The average molecular weight is 397 g/mol. The van der Waals surface area contributed by atoms with Crippen molar-refractivity contribution in [1.29, 1.82) is 0 Å². The van der Waals surface area contributed by atoms with Crippen molar-refractivity contribution in [1.82, 2.24) is 4.98 Å². The van der Waals surface area contributed by atoms with Crippen LogP contribution in [0.4, 0.5) is 5.69 Å². The predicted octanol–water partition coefficient (Wildman–Crippen LogP) is 5.55. The van der Waals surface area contributed by atoms with Gasteiger partial charge in [0.2, 0.25) is 0 Å². The molecule has 0 fully saturated rings. The van der Waals surface area contributed by atoms with Gasteiger partial charge in [0.15, 0.2) is 0 Å². The molecule has 2 atom stereocenters. The van der Waals surface area contributed by atoms with E-state index in [1.54, 1.807) is 11.3 Å². The maximum absolute atomic E-state index is 10.9. The van der Waals surface area contributed by atoms with E-state index in [1.807, 2.05) is 35.5 Å². The summed E-state index contributed by atoms with van der Waals surface area (Å²) in [6, 6.07) is 16.9.